The van der Waals surface area contributed by atoms with Crippen molar-refractivity contribution in [3.05, 3.63) is 63.9 Å². The van der Waals surface area contributed by atoms with Crippen molar-refractivity contribution in [2.45, 2.75) is 12.5 Å². The molecule has 0 bridgehead atoms. The zero-order valence-electron chi connectivity index (χ0n) is 11.3. The van der Waals surface area contributed by atoms with Crippen molar-refractivity contribution in [1.82, 2.24) is 0 Å². The topological polar surface area (TPSA) is 40.5 Å². The maximum absolute atomic E-state index is 14.0. The van der Waals surface area contributed by atoms with Crippen molar-refractivity contribution in [2.75, 3.05) is 11.9 Å². The van der Waals surface area contributed by atoms with Gasteiger partial charge in [0, 0.05) is 18.3 Å². The normalized spacial score (nSPS) is 15.2. The average molecular weight is 306 g/mol. The number of hydrogen-bond donors (Lipinski definition) is 1. The van der Waals surface area contributed by atoms with E-state index in [0.29, 0.717) is 12.0 Å². The second kappa shape index (κ2) is 5.13. The predicted molar refractivity (Wildman–Crippen MR) is 79.0 cm³/mol. The quantitative estimate of drug-likeness (QED) is 0.926. The molecular weight excluding hydrogens is 293 g/mol. The van der Waals surface area contributed by atoms with Gasteiger partial charge in [0.1, 0.15) is 11.9 Å². The van der Waals surface area contributed by atoms with Crippen LogP contribution in [0, 0.1) is 5.82 Å². The summed E-state index contributed by atoms with van der Waals surface area (Å²) < 4.78 is 14.0. The van der Waals surface area contributed by atoms with Crippen molar-refractivity contribution in [3.63, 3.8) is 0 Å². The molecule has 2 aromatic rings. The Labute approximate surface area is 126 Å². The lowest BCUT2D eigenvalue weighted by Crippen LogP contribution is -2.20. The van der Waals surface area contributed by atoms with Crippen LogP contribution in [0.5, 0.6) is 0 Å². The first-order valence-corrected chi connectivity index (χ1v) is 6.88. The lowest BCUT2D eigenvalue weighted by atomic mass is 9.98. The van der Waals surface area contributed by atoms with Crippen molar-refractivity contribution in [3.8, 4) is 0 Å². The van der Waals surface area contributed by atoms with Gasteiger partial charge in [0.05, 0.1) is 11.4 Å². The number of carbonyl (C=O) groups excluding carboxylic acids is 1. The fourth-order valence-corrected chi connectivity index (χ4v) is 2.75. The van der Waals surface area contributed by atoms with Crippen molar-refractivity contribution in [2.24, 2.45) is 0 Å². The van der Waals surface area contributed by atoms with Crippen molar-refractivity contribution in [1.29, 1.82) is 0 Å². The maximum atomic E-state index is 14.0. The van der Waals surface area contributed by atoms with Crippen LogP contribution in [0.3, 0.4) is 0 Å². The lowest BCUT2D eigenvalue weighted by molar-refractivity contribution is -0.117. The molecule has 0 radical (unpaired) electrons. The molecular formula is C16H13ClFNO2. The van der Waals surface area contributed by atoms with Gasteiger partial charge in [-0.1, -0.05) is 35.9 Å². The molecule has 1 atom stereocenters. The van der Waals surface area contributed by atoms with E-state index in [1.54, 1.807) is 36.2 Å². The molecule has 21 heavy (non-hydrogen) atoms. The molecule has 5 heteroatoms. The van der Waals surface area contributed by atoms with E-state index < -0.39 is 11.9 Å². The van der Waals surface area contributed by atoms with Crippen LogP contribution in [0.2, 0.25) is 5.02 Å². The van der Waals surface area contributed by atoms with Gasteiger partial charge in [0.2, 0.25) is 5.91 Å². The third kappa shape index (κ3) is 2.30. The SMILES string of the molecule is CN1C(=O)Cc2cc(C(O)c3cccc(Cl)c3F)ccc21. The lowest BCUT2D eigenvalue weighted by Gasteiger charge is -2.15. The highest BCUT2D eigenvalue weighted by molar-refractivity contribution is 6.30. The van der Waals surface area contributed by atoms with E-state index in [4.69, 9.17) is 11.6 Å². The summed E-state index contributed by atoms with van der Waals surface area (Å²) in [7, 11) is 1.71. The molecule has 3 nitrogen and oxygen atoms in total. The molecule has 2 aromatic carbocycles. The highest BCUT2D eigenvalue weighted by atomic mass is 35.5. The summed E-state index contributed by atoms with van der Waals surface area (Å²) in [6.45, 7) is 0. The molecule has 0 spiro atoms. The summed E-state index contributed by atoms with van der Waals surface area (Å²) in [6, 6.07) is 9.72. The molecule has 1 heterocycles. The Balaban J connectivity index is 2.00. The van der Waals surface area contributed by atoms with Crippen LogP contribution in [-0.4, -0.2) is 18.1 Å². The smallest absolute Gasteiger partial charge is 0.231 e. The minimum absolute atomic E-state index is 0.00516. The standard InChI is InChI=1S/C16H13ClFNO2/c1-19-13-6-5-9(7-10(13)8-14(19)20)16(21)11-3-2-4-12(17)15(11)18/h2-7,16,21H,8H2,1H3. The van der Waals surface area contributed by atoms with Gasteiger partial charge in [-0.25, -0.2) is 4.39 Å². The van der Waals surface area contributed by atoms with E-state index in [1.165, 1.54) is 12.1 Å². The predicted octanol–water partition coefficient (Wildman–Crippen LogP) is 3.08. The van der Waals surface area contributed by atoms with Crippen LogP contribution >= 0.6 is 11.6 Å². The summed E-state index contributed by atoms with van der Waals surface area (Å²) in [6.07, 6.45) is -0.820. The number of fused-ring (bicyclic) bond motifs is 1. The van der Waals surface area contributed by atoms with E-state index >= 15 is 0 Å². The zero-order valence-corrected chi connectivity index (χ0v) is 12.1. The van der Waals surface area contributed by atoms with Crippen LogP contribution in [0.1, 0.15) is 22.8 Å². The summed E-state index contributed by atoms with van der Waals surface area (Å²) in [5, 5.41) is 10.3. The number of likely N-dealkylation sites (N-methyl/N-ethyl adjacent to an activating group) is 1. The maximum Gasteiger partial charge on any atom is 0.231 e. The third-order valence-electron chi connectivity index (χ3n) is 3.77. The molecule has 1 aliphatic rings. The average Bonchev–Trinajstić information content (AvgIpc) is 2.76. The van der Waals surface area contributed by atoms with Crippen molar-refractivity contribution >= 4 is 23.2 Å². The molecule has 0 saturated heterocycles. The summed E-state index contributed by atoms with van der Waals surface area (Å²) in [4.78, 5) is 13.2. The fraction of sp³-hybridized carbons (Fsp3) is 0.188. The molecule has 0 fully saturated rings. The number of amides is 1. The molecule has 0 aromatic heterocycles. The minimum Gasteiger partial charge on any atom is -0.384 e. The Morgan fingerprint density at radius 3 is 2.86 bits per heavy atom. The van der Waals surface area contributed by atoms with Gasteiger partial charge in [-0.15, -0.1) is 0 Å². The van der Waals surface area contributed by atoms with Crippen LogP contribution in [0.15, 0.2) is 36.4 Å². The Bertz CT molecular complexity index is 732. The molecule has 1 amide bonds. The number of anilines is 1. The van der Waals surface area contributed by atoms with E-state index in [9.17, 15) is 14.3 Å². The molecule has 1 aliphatic heterocycles. The fourth-order valence-electron chi connectivity index (χ4n) is 2.57. The summed E-state index contributed by atoms with van der Waals surface area (Å²) in [5.41, 5.74) is 2.32. The van der Waals surface area contributed by atoms with Gasteiger partial charge >= 0.3 is 0 Å². The van der Waals surface area contributed by atoms with Gasteiger partial charge in [0.15, 0.2) is 0 Å². The third-order valence-corrected chi connectivity index (χ3v) is 4.06. The molecule has 1 unspecified atom stereocenters. The van der Waals surface area contributed by atoms with Gasteiger partial charge in [-0.3, -0.25) is 4.79 Å². The molecule has 1 N–H and O–H groups in total. The van der Waals surface area contributed by atoms with Crippen LogP contribution in [0.25, 0.3) is 0 Å². The number of aliphatic hydroxyl groups is 1. The molecule has 3 rings (SSSR count). The Hall–Kier alpha value is -1.91. The van der Waals surface area contributed by atoms with Gasteiger partial charge in [-0.2, -0.15) is 0 Å². The van der Waals surface area contributed by atoms with Gasteiger partial charge in [-0.05, 0) is 23.3 Å². The first-order chi connectivity index (χ1) is 9.99. The number of aliphatic hydroxyl groups excluding tert-OH is 1. The van der Waals surface area contributed by atoms with E-state index in [1.807, 2.05) is 0 Å². The number of nitrogens with zero attached hydrogens (tertiary/aromatic N) is 1. The minimum atomic E-state index is -1.12. The van der Waals surface area contributed by atoms with Gasteiger partial charge < -0.3 is 10.0 Å². The number of carbonyl (C=O) groups is 1. The number of benzene rings is 2. The van der Waals surface area contributed by atoms with Gasteiger partial charge in [0.25, 0.3) is 0 Å². The highest BCUT2D eigenvalue weighted by Crippen LogP contribution is 2.33. The monoisotopic (exact) mass is 305 g/mol. The number of hydrogen-bond acceptors (Lipinski definition) is 2. The second-order valence-electron chi connectivity index (χ2n) is 5.06. The largest absolute Gasteiger partial charge is 0.384 e. The summed E-state index contributed by atoms with van der Waals surface area (Å²) in [5.74, 6) is -0.620. The first kappa shape index (κ1) is 14.0. The first-order valence-electron chi connectivity index (χ1n) is 6.50. The molecule has 0 aliphatic carbocycles. The Kier molecular flexibility index (Phi) is 3.43. The molecule has 108 valence electrons. The van der Waals surface area contributed by atoms with Crippen molar-refractivity contribution < 1.29 is 14.3 Å². The molecule has 0 saturated carbocycles. The van der Waals surface area contributed by atoms with Crippen LogP contribution < -0.4 is 4.90 Å². The number of rotatable bonds is 2. The summed E-state index contributed by atoms with van der Waals surface area (Å²) >= 11 is 5.74. The van der Waals surface area contributed by atoms with E-state index in [2.05, 4.69) is 0 Å². The van der Waals surface area contributed by atoms with Crippen LogP contribution in [-0.2, 0) is 11.2 Å². The Morgan fingerprint density at radius 2 is 2.10 bits per heavy atom. The highest BCUT2D eigenvalue weighted by Gasteiger charge is 2.25. The second-order valence-corrected chi connectivity index (χ2v) is 5.47. The Morgan fingerprint density at radius 1 is 1.33 bits per heavy atom. The van der Waals surface area contributed by atoms with Crippen LogP contribution in [0.4, 0.5) is 10.1 Å². The zero-order chi connectivity index (χ0) is 15.1. The number of halogens is 2. The van der Waals surface area contributed by atoms with E-state index in [0.717, 1.165) is 11.3 Å². The van der Waals surface area contributed by atoms with E-state index in [-0.39, 0.29) is 16.5 Å².